The second kappa shape index (κ2) is 11.0. The summed E-state index contributed by atoms with van der Waals surface area (Å²) in [4.78, 5) is 12.5. The highest BCUT2D eigenvalue weighted by atomic mass is 79.9. The van der Waals surface area contributed by atoms with Gasteiger partial charge in [-0.2, -0.15) is 5.26 Å². The summed E-state index contributed by atoms with van der Waals surface area (Å²) in [5, 5.41) is 12.3. The number of halogens is 1. The quantitative estimate of drug-likeness (QED) is 0.355. The third-order valence-corrected chi connectivity index (χ3v) is 5.17. The fraction of sp³-hybridized carbons (Fsp3) is 0.120. The van der Waals surface area contributed by atoms with Crippen molar-refractivity contribution in [1.29, 1.82) is 5.26 Å². The lowest BCUT2D eigenvalue weighted by Crippen LogP contribution is -2.23. The van der Waals surface area contributed by atoms with E-state index in [0.717, 1.165) is 11.1 Å². The Balaban J connectivity index is 1.76. The van der Waals surface area contributed by atoms with Crippen LogP contribution in [-0.2, 0) is 17.9 Å². The van der Waals surface area contributed by atoms with E-state index in [1.165, 1.54) is 6.08 Å². The van der Waals surface area contributed by atoms with E-state index in [1.807, 2.05) is 66.7 Å². The Hall–Kier alpha value is -3.56. The average molecular weight is 477 g/mol. The maximum absolute atomic E-state index is 12.5. The van der Waals surface area contributed by atoms with Gasteiger partial charge in [0, 0.05) is 11.0 Å². The number of benzene rings is 3. The first kappa shape index (κ1) is 22.1. The summed E-state index contributed by atoms with van der Waals surface area (Å²) in [5.41, 5.74) is 2.62. The van der Waals surface area contributed by atoms with Gasteiger partial charge in [0.05, 0.1) is 7.11 Å². The Morgan fingerprint density at radius 2 is 1.68 bits per heavy atom. The van der Waals surface area contributed by atoms with Gasteiger partial charge in [0.1, 0.15) is 18.2 Å². The van der Waals surface area contributed by atoms with E-state index in [-0.39, 0.29) is 5.57 Å². The van der Waals surface area contributed by atoms with Crippen molar-refractivity contribution < 1.29 is 14.3 Å². The van der Waals surface area contributed by atoms with Gasteiger partial charge in [-0.15, -0.1) is 0 Å². The zero-order valence-electron chi connectivity index (χ0n) is 17.0. The minimum absolute atomic E-state index is 0.00311. The average Bonchev–Trinajstić information content (AvgIpc) is 2.81. The summed E-state index contributed by atoms with van der Waals surface area (Å²) >= 11 is 3.50. The molecular formula is C25H21BrN2O3. The third kappa shape index (κ3) is 6.21. The monoisotopic (exact) mass is 476 g/mol. The lowest BCUT2D eigenvalue weighted by Gasteiger charge is -2.13. The number of rotatable bonds is 8. The second-order valence-corrected chi connectivity index (χ2v) is 7.49. The van der Waals surface area contributed by atoms with Gasteiger partial charge in [0.2, 0.25) is 0 Å². The fourth-order valence-electron chi connectivity index (χ4n) is 2.85. The predicted octanol–water partition coefficient (Wildman–Crippen LogP) is 5.26. The Bertz CT molecular complexity index is 1110. The summed E-state index contributed by atoms with van der Waals surface area (Å²) in [5.74, 6) is 0.622. The Morgan fingerprint density at radius 3 is 2.29 bits per heavy atom. The fourth-order valence-corrected chi connectivity index (χ4v) is 3.28. The van der Waals surface area contributed by atoms with Crippen LogP contribution in [0.3, 0.4) is 0 Å². The van der Waals surface area contributed by atoms with Crippen LogP contribution in [0, 0.1) is 11.3 Å². The highest BCUT2D eigenvalue weighted by Gasteiger charge is 2.13. The minimum Gasteiger partial charge on any atom is -0.493 e. The molecule has 0 radical (unpaired) electrons. The first-order chi connectivity index (χ1) is 15.1. The van der Waals surface area contributed by atoms with E-state index in [4.69, 9.17) is 9.47 Å². The highest BCUT2D eigenvalue weighted by Crippen LogP contribution is 2.35. The molecule has 0 fully saturated rings. The molecule has 0 unspecified atom stereocenters. The molecule has 156 valence electrons. The van der Waals surface area contributed by atoms with Crippen molar-refractivity contribution in [3.05, 3.63) is 99.5 Å². The van der Waals surface area contributed by atoms with Gasteiger partial charge in [-0.1, -0.05) is 76.6 Å². The molecule has 0 saturated carbocycles. The molecule has 31 heavy (non-hydrogen) atoms. The number of hydrogen-bond acceptors (Lipinski definition) is 4. The summed E-state index contributed by atoms with van der Waals surface area (Å²) in [6.45, 7) is 0.736. The first-order valence-corrected chi connectivity index (χ1v) is 10.4. The number of hydrogen-bond donors (Lipinski definition) is 1. The molecule has 5 nitrogen and oxygen atoms in total. The van der Waals surface area contributed by atoms with Crippen LogP contribution < -0.4 is 14.8 Å². The van der Waals surface area contributed by atoms with Crippen molar-refractivity contribution in [2.24, 2.45) is 0 Å². The molecule has 0 aliphatic heterocycles. The molecule has 0 aliphatic carbocycles. The van der Waals surface area contributed by atoms with Gasteiger partial charge < -0.3 is 14.8 Å². The highest BCUT2D eigenvalue weighted by molar-refractivity contribution is 9.10. The first-order valence-electron chi connectivity index (χ1n) is 9.59. The number of amides is 1. The Labute approximate surface area is 190 Å². The predicted molar refractivity (Wildman–Crippen MR) is 123 cm³/mol. The topological polar surface area (TPSA) is 71.3 Å². The van der Waals surface area contributed by atoms with Crippen LogP contribution in [0.5, 0.6) is 11.5 Å². The molecule has 0 aliphatic rings. The van der Waals surface area contributed by atoms with E-state index in [1.54, 1.807) is 19.2 Å². The van der Waals surface area contributed by atoms with Crippen LogP contribution in [0.25, 0.3) is 6.08 Å². The molecular weight excluding hydrogens is 456 g/mol. The number of ether oxygens (including phenoxy) is 2. The molecule has 0 atom stereocenters. The van der Waals surface area contributed by atoms with Gasteiger partial charge in [-0.3, -0.25) is 4.79 Å². The van der Waals surface area contributed by atoms with Crippen LogP contribution in [0.2, 0.25) is 0 Å². The lowest BCUT2D eigenvalue weighted by molar-refractivity contribution is -0.117. The molecule has 0 heterocycles. The molecule has 6 heteroatoms. The van der Waals surface area contributed by atoms with Crippen LogP contribution in [0.15, 0.2) is 82.8 Å². The van der Waals surface area contributed by atoms with E-state index in [0.29, 0.717) is 34.7 Å². The van der Waals surface area contributed by atoms with Gasteiger partial charge in [0.25, 0.3) is 5.91 Å². The maximum atomic E-state index is 12.5. The Kier molecular flexibility index (Phi) is 7.85. The van der Waals surface area contributed by atoms with Crippen LogP contribution in [-0.4, -0.2) is 13.0 Å². The normalized spacial score (nSPS) is 10.8. The number of nitriles is 1. The summed E-state index contributed by atoms with van der Waals surface area (Å²) in [6.07, 6.45) is 1.52. The van der Waals surface area contributed by atoms with Crippen molar-refractivity contribution >= 4 is 27.9 Å². The van der Waals surface area contributed by atoms with Crippen LogP contribution >= 0.6 is 15.9 Å². The zero-order valence-corrected chi connectivity index (χ0v) is 18.6. The molecule has 1 amide bonds. The number of nitrogens with zero attached hydrogens (tertiary/aromatic N) is 1. The SMILES string of the molecule is COc1cc(C=C(C#N)C(=O)NCc2ccccc2)c(Br)cc1OCc1ccccc1. The van der Waals surface area contributed by atoms with Crippen molar-refractivity contribution in [1.82, 2.24) is 5.32 Å². The second-order valence-electron chi connectivity index (χ2n) is 6.64. The summed E-state index contributed by atoms with van der Waals surface area (Å²) < 4.78 is 12.0. The number of carbonyl (C=O) groups is 1. The van der Waals surface area contributed by atoms with E-state index < -0.39 is 5.91 Å². The zero-order chi connectivity index (χ0) is 22.1. The molecule has 0 aromatic heterocycles. The summed E-state index contributed by atoms with van der Waals surface area (Å²) in [7, 11) is 1.55. The van der Waals surface area contributed by atoms with Crippen molar-refractivity contribution in [2.75, 3.05) is 7.11 Å². The van der Waals surface area contributed by atoms with E-state index in [9.17, 15) is 10.1 Å². The smallest absolute Gasteiger partial charge is 0.262 e. The van der Waals surface area contributed by atoms with E-state index >= 15 is 0 Å². The molecule has 1 N–H and O–H groups in total. The number of nitrogens with one attached hydrogen (secondary N) is 1. The maximum Gasteiger partial charge on any atom is 0.262 e. The van der Waals surface area contributed by atoms with Crippen LogP contribution in [0.4, 0.5) is 0 Å². The van der Waals surface area contributed by atoms with Crippen LogP contribution in [0.1, 0.15) is 16.7 Å². The van der Waals surface area contributed by atoms with Crippen molar-refractivity contribution in [3.8, 4) is 17.6 Å². The number of carbonyl (C=O) groups excluding carboxylic acids is 1. The third-order valence-electron chi connectivity index (χ3n) is 4.48. The molecule has 3 aromatic rings. The van der Waals surface area contributed by atoms with Crippen molar-refractivity contribution in [3.63, 3.8) is 0 Å². The molecule has 3 rings (SSSR count). The molecule has 0 bridgehead atoms. The molecule has 3 aromatic carbocycles. The Morgan fingerprint density at radius 1 is 1.03 bits per heavy atom. The van der Waals surface area contributed by atoms with E-state index in [2.05, 4.69) is 21.2 Å². The van der Waals surface area contributed by atoms with Gasteiger partial charge in [-0.05, 0) is 34.9 Å². The summed E-state index contributed by atoms with van der Waals surface area (Å²) in [6, 6.07) is 24.8. The lowest BCUT2D eigenvalue weighted by atomic mass is 10.1. The largest absolute Gasteiger partial charge is 0.493 e. The van der Waals surface area contributed by atoms with Crippen molar-refractivity contribution in [2.45, 2.75) is 13.2 Å². The van der Waals surface area contributed by atoms with Gasteiger partial charge >= 0.3 is 0 Å². The molecule has 0 saturated heterocycles. The minimum atomic E-state index is -0.443. The van der Waals surface area contributed by atoms with Gasteiger partial charge in [-0.25, -0.2) is 0 Å². The molecule has 0 spiro atoms. The number of methoxy groups -OCH3 is 1. The standard InChI is InChI=1S/C25H21BrN2O3/c1-30-23-13-20(22(26)14-24(23)31-17-19-10-6-3-7-11-19)12-21(15-27)25(29)28-16-18-8-4-2-5-9-18/h2-14H,16-17H2,1H3,(H,28,29). The van der Waals surface area contributed by atoms with Gasteiger partial charge in [0.15, 0.2) is 11.5 Å².